The Kier molecular flexibility index (Phi) is 7.07. The first-order valence-corrected chi connectivity index (χ1v) is 10.5. The summed E-state index contributed by atoms with van der Waals surface area (Å²) in [5, 5.41) is 13.6. The van der Waals surface area contributed by atoms with E-state index in [1.165, 1.54) is 0 Å². The highest BCUT2D eigenvalue weighted by Crippen LogP contribution is 2.20. The topological polar surface area (TPSA) is 91.3 Å². The van der Waals surface area contributed by atoms with Crippen LogP contribution in [0.25, 0.3) is 0 Å². The van der Waals surface area contributed by atoms with Crippen molar-refractivity contribution in [3.05, 3.63) is 12.3 Å². The van der Waals surface area contributed by atoms with Crippen LogP contribution in [0.15, 0.2) is 12.3 Å². The van der Waals surface area contributed by atoms with Crippen LogP contribution in [0.4, 0.5) is 5.82 Å². The molecule has 0 bridgehead atoms. The molecule has 0 radical (unpaired) electrons. The summed E-state index contributed by atoms with van der Waals surface area (Å²) in [4.78, 5) is 27.2. The van der Waals surface area contributed by atoms with Gasteiger partial charge in [0.05, 0.1) is 18.3 Å². The minimum Gasteiger partial charge on any atom is -0.354 e. The zero-order valence-corrected chi connectivity index (χ0v) is 17.3. The van der Waals surface area contributed by atoms with Crippen molar-refractivity contribution in [3.8, 4) is 0 Å². The molecule has 3 rings (SSSR count). The maximum atomic E-state index is 12.8. The van der Waals surface area contributed by atoms with Gasteiger partial charge in [0.2, 0.25) is 11.8 Å². The molecule has 2 fully saturated rings. The molecule has 8 nitrogen and oxygen atoms in total. The lowest BCUT2D eigenvalue weighted by atomic mass is 9.96. The smallest absolute Gasteiger partial charge is 0.242 e. The number of nitrogens with zero attached hydrogens (tertiary/aromatic N) is 3. The van der Waals surface area contributed by atoms with Crippen LogP contribution in [0.2, 0.25) is 0 Å². The van der Waals surface area contributed by atoms with Gasteiger partial charge in [-0.25, -0.2) is 4.68 Å². The second-order valence-electron chi connectivity index (χ2n) is 8.32. The molecule has 0 spiro atoms. The SMILES string of the molecule is CC(C(=O)Nc1ccnn1C(C)C)N1CCCC(CNC(=O)C2CCCN2)C1. The van der Waals surface area contributed by atoms with E-state index in [4.69, 9.17) is 0 Å². The molecule has 3 unspecified atom stereocenters. The lowest BCUT2D eigenvalue weighted by molar-refractivity contribution is -0.124. The van der Waals surface area contributed by atoms with Crippen molar-refractivity contribution in [2.45, 2.75) is 64.6 Å². The van der Waals surface area contributed by atoms with E-state index in [2.05, 4.69) is 25.9 Å². The predicted octanol–water partition coefficient (Wildman–Crippen LogP) is 1.37. The lowest BCUT2D eigenvalue weighted by Crippen LogP contribution is -2.50. The van der Waals surface area contributed by atoms with Gasteiger partial charge in [0, 0.05) is 25.2 Å². The minimum absolute atomic E-state index is 0.0118. The minimum atomic E-state index is -0.217. The van der Waals surface area contributed by atoms with Gasteiger partial charge in [-0.3, -0.25) is 14.5 Å². The first kappa shape index (κ1) is 20.8. The second kappa shape index (κ2) is 9.52. The third kappa shape index (κ3) is 5.11. The van der Waals surface area contributed by atoms with Crippen molar-refractivity contribution in [1.82, 2.24) is 25.3 Å². The first-order chi connectivity index (χ1) is 13.5. The van der Waals surface area contributed by atoms with Crippen molar-refractivity contribution in [2.24, 2.45) is 5.92 Å². The lowest BCUT2D eigenvalue weighted by Gasteiger charge is -2.36. The van der Waals surface area contributed by atoms with Gasteiger partial charge < -0.3 is 16.0 Å². The summed E-state index contributed by atoms with van der Waals surface area (Å²) in [5.74, 6) is 1.22. The highest BCUT2D eigenvalue weighted by atomic mass is 16.2. The molecule has 1 aromatic rings. The molecule has 3 heterocycles. The molecule has 2 aliphatic rings. The number of aromatic nitrogens is 2. The third-order valence-corrected chi connectivity index (χ3v) is 5.83. The van der Waals surface area contributed by atoms with E-state index >= 15 is 0 Å². The second-order valence-corrected chi connectivity index (χ2v) is 8.32. The van der Waals surface area contributed by atoms with Crippen molar-refractivity contribution in [3.63, 3.8) is 0 Å². The number of piperidine rings is 1. The average molecular weight is 391 g/mol. The summed E-state index contributed by atoms with van der Waals surface area (Å²) < 4.78 is 1.82. The first-order valence-electron chi connectivity index (χ1n) is 10.5. The third-order valence-electron chi connectivity index (χ3n) is 5.83. The van der Waals surface area contributed by atoms with Crippen LogP contribution in [-0.4, -0.2) is 64.8 Å². The number of hydrogen-bond acceptors (Lipinski definition) is 5. The zero-order valence-electron chi connectivity index (χ0n) is 17.3. The number of amides is 2. The average Bonchev–Trinajstić information content (AvgIpc) is 3.37. The van der Waals surface area contributed by atoms with Gasteiger partial charge in [-0.2, -0.15) is 5.10 Å². The zero-order chi connectivity index (χ0) is 20.1. The fourth-order valence-corrected chi connectivity index (χ4v) is 4.11. The van der Waals surface area contributed by atoms with E-state index < -0.39 is 0 Å². The Morgan fingerprint density at radius 1 is 1.29 bits per heavy atom. The molecule has 2 aliphatic heterocycles. The Balaban J connectivity index is 1.49. The van der Waals surface area contributed by atoms with E-state index in [0.29, 0.717) is 12.5 Å². The van der Waals surface area contributed by atoms with Gasteiger partial charge in [-0.1, -0.05) is 0 Å². The number of nitrogens with one attached hydrogen (secondary N) is 3. The van der Waals surface area contributed by atoms with Crippen LogP contribution in [0.3, 0.4) is 0 Å². The molecule has 2 saturated heterocycles. The summed E-state index contributed by atoms with van der Waals surface area (Å²) in [7, 11) is 0. The Morgan fingerprint density at radius 3 is 2.82 bits per heavy atom. The van der Waals surface area contributed by atoms with E-state index in [9.17, 15) is 9.59 Å². The highest BCUT2D eigenvalue weighted by molar-refractivity contribution is 5.93. The Hall–Kier alpha value is -1.93. The van der Waals surface area contributed by atoms with E-state index in [1.54, 1.807) is 6.20 Å². The summed E-state index contributed by atoms with van der Waals surface area (Å²) >= 11 is 0. The van der Waals surface area contributed by atoms with E-state index in [1.807, 2.05) is 31.5 Å². The Morgan fingerprint density at radius 2 is 2.11 bits per heavy atom. The fourth-order valence-electron chi connectivity index (χ4n) is 4.11. The molecule has 2 amide bonds. The van der Waals surface area contributed by atoms with Crippen molar-refractivity contribution in [1.29, 1.82) is 0 Å². The summed E-state index contributed by atoms with van der Waals surface area (Å²) in [5.41, 5.74) is 0. The maximum Gasteiger partial charge on any atom is 0.242 e. The van der Waals surface area contributed by atoms with E-state index in [0.717, 1.165) is 51.1 Å². The molecule has 3 N–H and O–H groups in total. The molecular formula is C20H34N6O2. The molecule has 1 aromatic heterocycles. The number of likely N-dealkylation sites (tertiary alicyclic amines) is 1. The van der Waals surface area contributed by atoms with Gasteiger partial charge in [-0.15, -0.1) is 0 Å². The molecule has 0 saturated carbocycles. The molecule has 0 aliphatic carbocycles. The Bertz CT molecular complexity index is 667. The molecule has 3 atom stereocenters. The predicted molar refractivity (Wildman–Crippen MR) is 109 cm³/mol. The standard InChI is InChI=1S/C20H34N6O2/c1-14(2)26-18(8-10-23-26)24-19(27)15(3)25-11-5-6-16(13-25)12-22-20(28)17-7-4-9-21-17/h8,10,14-17,21H,4-7,9,11-13H2,1-3H3,(H,22,28)(H,24,27). The van der Waals surface area contributed by atoms with Crippen molar-refractivity contribution >= 4 is 17.6 Å². The summed E-state index contributed by atoms with van der Waals surface area (Å²) in [6.07, 6.45) is 5.83. The number of rotatable bonds is 7. The van der Waals surface area contributed by atoms with Crippen molar-refractivity contribution in [2.75, 3.05) is 31.5 Å². The normalized spacial score (nSPS) is 24.3. The van der Waals surface area contributed by atoms with Gasteiger partial charge in [-0.05, 0) is 65.5 Å². The van der Waals surface area contributed by atoms with Gasteiger partial charge in [0.1, 0.15) is 5.82 Å². The fraction of sp³-hybridized carbons (Fsp3) is 0.750. The number of carbonyl (C=O) groups excluding carboxylic acids is 2. The van der Waals surface area contributed by atoms with Gasteiger partial charge in [0.25, 0.3) is 0 Å². The summed E-state index contributed by atoms with van der Waals surface area (Å²) in [6.45, 7) is 9.38. The Labute approximate surface area is 167 Å². The quantitative estimate of drug-likeness (QED) is 0.654. The molecule has 8 heteroatoms. The molecule has 0 aromatic carbocycles. The largest absolute Gasteiger partial charge is 0.354 e. The van der Waals surface area contributed by atoms with Gasteiger partial charge >= 0.3 is 0 Å². The van der Waals surface area contributed by atoms with Crippen LogP contribution < -0.4 is 16.0 Å². The number of anilines is 1. The highest BCUT2D eigenvalue weighted by Gasteiger charge is 2.29. The van der Waals surface area contributed by atoms with Crippen LogP contribution >= 0.6 is 0 Å². The van der Waals surface area contributed by atoms with Crippen LogP contribution in [-0.2, 0) is 9.59 Å². The monoisotopic (exact) mass is 390 g/mol. The molecular weight excluding hydrogens is 356 g/mol. The van der Waals surface area contributed by atoms with Crippen LogP contribution in [0.5, 0.6) is 0 Å². The summed E-state index contributed by atoms with van der Waals surface area (Å²) in [6, 6.07) is 1.77. The number of carbonyl (C=O) groups is 2. The maximum absolute atomic E-state index is 12.8. The molecule has 156 valence electrons. The van der Waals surface area contributed by atoms with E-state index in [-0.39, 0.29) is 29.9 Å². The number of hydrogen-bond donors (Lipinski definition) is 3. The van der Waals surface area contributed by atoms with Crippen LogP contribution in [0, 0.1) is 5.92 Å². The molecule has 28 heavy (non-hydrogen) atoms. The van der Waals surface area contributed by atoms with Crippen LogP contribution in [0.1, 0.15) is 52.5 Å². The van der Waals surface area contributed by atoms with Crippen molar-refractivity contribution < 1.29 is 9.59 Å². The van der Waals surface area contributed by atoms with Gasteiger partial charge in [0.15, 0.2) is 0 Å².